The largest absolute Gasteiger partial charge is 0.341 e. The van der Waals surface area contributed by atoms with Gasteiger partial charge in [-0.25, -0.2) is 4.98 Å². The maximum Gasteiger partial charge on any atom is 0.130 e. The maximum atomic E-state index is 10.9. The summed E-state index contributed by atoms with van der Waals surface area (Å²) in [4.78, 5) is 19.5. The highest BCUT2D eigenvalue weighted by atomic mass is 79.9. The van der Waals surface area contributed by atoms with Gasteiger partial charge >= 0.3 is 0 Å². The Bertz CT molecular complexity index is 504. The number of Topliss-reactive ketones (excluding diaryl/α,β-unsaturated/α-hetero) is 1. The predicted octanol–water partition coefficient (Wildman–Crippen LogP) is 3.42. The van der Waals surface area contributed by atoms with Crippen LogP contribution in [0.25, 0.3) is 10.6 Å². The van der Waals surface area contributed by atoms with Crippen LogP contribution in [0.15, 0.2) is 22.1 Å². The Kier molecular flexibility index (Phi) is 3.56. The Morgan fingerprint density at radius 2 is 2.44 bits per heavy atom. The number of aromatic amines is 1. The number of hydrogen-bond acceptors (Lipinski definition) is 3. The lowest BCUT2D eigenvalue weighted by atomic mass is 10.2. The van der Waals surface area contributed by atoms with E-state index in [-0.39, 0.29) is 5.78 Å². The van der Waals surface area contributed by atoms with Crippen LogP contribution in [0.3, 0.4) is 0 Å². The van der Waals surface area contributed by atoms with Crippen molar-refractivity contribution in [1.29, 1.82) is 0 Å². The van der Waals surface area contributed by atoms with Gasteiger partial charge in [-0.1, -0.05) is 0 Å². The molecule has 2 heterocycles. The van der Waals surface area contributed by atoms with E-state index in [2.05, 4.69) is 25.9 Å². The van der Waals surface area contributed by atoms with Crippen LogP contribution >= 0.6 is 27.3 Å². The average molecular weight is 299 g/mol. The average Bonchev–Trinajstić information content (AvgIpc) is 2.83. The van der Waals surface area contributed by atoms with Gasteiger partial charge in [0.15, 0.2) is 0 Å². The molecule has 3 nitrogen and oxygen atoms in total. The fraction of sp³-hybridized carbons (Fsp3) is 0.273. The van der Waals surface area contributed by atoms with E-state index in [4.69, 9.17) is 0 Å². The van der Waals surface area contributed by atoms with Gasteiger partial charge in [0.25, 0.3) is 0 Å². The number of carbonyl (C=O) groups excluding carboxylic acids is 1. The smallest absolute Gasteiger partial charge is 0.130 e. The first kappa shape index (κ1) is 11.5. The van der Waals surface area contributed by atoms with Crippen LogP contribution in [0.2, 0.25) is 0 Å². The third kappa shape index (κ3) is 2.80. The number of nitrogens with one attached hydrogen (secondary N) is 1. The lowest BCUT2D eigenvalue weighted by Crippen LogP contribution is -1.95. The molecule has 84 valence electrons. The van der Waals surface area contributed by atoms with E-state index in [1.807, 2.05) is 17.6 Å². The summed E-state index contributed by atoms with van der Waals surface area (Å²) in [5, 5.41) is 2.03. The molecule has 2 aromatic rings. The predicted molar refractivity (Wildman–Crippen MR) is 68.6 cm³/mol. The van der Waals surface area contributed by atoms with Gasteiger partial charge in [0.05, 0.1) is 16.8 Å². The van der Waals surface area contributed by atoms with Gasteiger partial charge < -0.3 is 9.78 Å². The maximum absolute atomic E-state index is 10.9. The Labute approximate surface area is 106 Å². The number of carbonyl (C=O) groups is 1. The second-order valence-electron chi connectivity index (χ2n) is 3.57. The van der Waals surface area contributed by atoms with Crippen molar-refractivity contribution in [2.45, 2.75) is 19.8 Å². The molecule has 0 atom stereocenters. The number of hydrogen-bond donors (Lipinski definition) is 1. The van der Waals surface area contributed by atoms with Gasteiger partial charge in [-0.05, 0) is 28.9 Å². The van der Waals surface area contributed by atoms with Crippen LogP contribution in [0.1, 0.15) is 19.2 Å². The zero-order chi connectivity index (χ0) is 11.5. The highest BCUT2D eigenvalue weighted by molar-refractivity contribution is 9.10. The van der Waals surface area contributed by atoms with E-state index in [0.29, 0.717) is 12.8 Å². The summed E-state index contributed by atoms with van der Waals surface area (Å²) < 4.78 is 1.08. The van der Waals surface area contributed by atoms with E-state index in [9.17, 15) is 4.79 Å². The van der Waals surface area contributed by atoms with E-state index < -0.39 is 0 Å². The number of thiophene rings is 1. The van der Waals surface area contributed by atoms with Gasteiger partial charge in [0.2, 0.25) is 0 Å². The number of aromatic nitrogens is 2. The topological polar surface area (TPSA) is 45.8 Å². The van der Waals surface area contributed by atoms with Crippen LogP contribution in [-0.4, -0.2) is 15.8 Å². The third-order valence-electron chi connectivity index (χ3n) is 2.18. The number of imidazole rings is 1. The fourth-order valence-electron chi connectivity index (χ4n) is 1.36. The molecule has 2 aromatic heterocycles. The monoisotopic (exact) mass is 298 g/mol. The van der Waals surface area contributed by atoms with Crippen LogP contribution in [0.5, 0.6) is 0 Å². The van der Waals surface area contributed by atoms with Gasteiger partial charge in [0, 0.05) is 22.7 Å². The summed E-state index contributed by atoms with van der Waals surface area (Å²) in [6.07, 6.45) is 3.04. The quantitative estimate of drug-likeness (QED) is 0.940. The number of halogens is 1. The number of aryl methyl sites for hydroxylation is 1. The minimum atomic E-state index is 0.191. The highest BCUT2D eigenvalue weighted by Gasteiger charge is 2.06. The summed E-state index contributed by atoms with van der Waals surface area (Å²) in [5.41, 5.74) is 1.01. The summed E-state index contributed by atoms with van der Waals surface area (Å²) in [6, 6.07) is 2.05. The Morgan fingerprint density at radius 1 is 1.62 bits per heavy atom. The van der Waals surface area contributed by atoms with E-state index in [1.165, 1.54) is 0 Å². The van der Waals surface area contributed by atoms with Gasteiger partial charge in [-0.3, -0.25) is 0 Å². The number of H-pyrrole nitrogens is 1. The van der Waals surface area contributed by atoms with Crippen molar-refractivity contribution in [3.05, 3.63) is 27.9 Å². The molecule has 1 N–H and O–H groups in total. The van der Waals surface area contributed by atoms with Crippen LogP contribution in [0.4, 0.5) is 0 Å². The second kappa shape index (κ2) is 4.93. The molecule has 0 aliphatic heterocycles. The molecule has 0 fully saturated rings. The normalized spacial score (nSPS) is 10.6. The molecular formula is C11H11BrN2OS. The molecule has 16 heavy (non-hydrogen) atoms. The van der Waals surface area contributed by atoms with E-state index in [1.54, 1.807) is 18.3 Å². The van der Waals surface area contributed by atoms with Crippen molar-refractivity contribution in [3.63, 3.8) is 0 Å². The first-order valence-corrected chi connectivity index (χ1v) is 6.60. The van der Waals surface area contributed by atoms with Crippen LogP contribution < -0.4 is 0 Å². The van der Waals surface area contributed by atoms with Crippen molar-refractivity contribution in [2.75, 3.05) is 0 Å². The summed E-state index contributed by atoms with van der Waals surface area (Å²) in [5.74, 6) is 1.06. The number of nitrogens with zero attached hydrogens (tertiary/aromatic N) is 1. The summed E-state index contributed by atoms with van der Waals surface area (Å²) >= 11 is 5.07. The third-order valence-corrected chi connectivity index (χ3v) is 3.90. The minimum absolute atomic E-state index is 0.191. The molecule has 0 spiro atoms. The molecule has 0 aliphatic carbocycles. The number of ketones is 1. The van der Waals surface area contributed by atoms with E-state index >= 15 is 0 Å². The van der Waals surface area contributed by atoms with Gasteiger partial charge in [0.1, 0.15) is 11.6 Å². The standard InChI is InChI=1S/C11H11BrN2OS/c1-7(15)2-3-11-13-5-9(14-11)10-4-8(12)6-16-10/h4-6H,2-3H2,1H3,(H,13,14). The molecule has 0 radical (unpaired) electrons. The van der Waals surface area contributed by atoms with Crippen LogP contribution in [0, 0.1) is 0 Å². The Morgan fingerprint density at radius 3 is 3.06 bits per heavy atom. The van der Waals surface area contributed by atoms with Crippen molar-refractivity contribution < 1.29 is 4.79 Å². The lowest BCUT2D eigenvalue weighted by Gasteiger charge is -1.93. The molecule has 5 heteroatoms. The second-order valence-corrected chi connectivity index (χ2v) is 5.40. The zero-order valence-electron chi connectivity index (χ0n) is 8.79. The highest BCUT2D eigenvalue weighted by Crippen LogP contribution is 2.28. The van der Waals surface area contributed by atoms with Crippen molar-refractivity contribution in [1.82, 2.24) is 9.97 Å². The van der Waals surface area contributed by atoms with Crippen molar-refractivity contribution >= 4 is 33.0 Å². The molecule has 0 unspecified atom stereocenters. The first-order chi connectivity index (χ1) is 7.65. The van der Waals surface area contributed by atoms with E-state index in [0.717, 1.165) is 20.9 Å². The van der Waals surface area contributed by atoms with Crippen molar-refractivity contribution in [2.24, 2.45) is 0 Å². The molecular weight excluding hydrogens is 288 g/mol. The molecule has 0 amide bonds. The summed E-state index contributed by atoms with van der Waals surface area (Å²) in [6.45, 7) is 1.60. The number of rotatable bonds is 4. The lowest BCUT2D eigenvalue weighted by molar-refractivity contribution is -0.117. The molecule has 2 rings (SSSR count). The fourth-order valence-corrected chi connectivity index (χ4v) is 2.76. The summed E-state index contributed by atoms with van der Waals surface area (Å²) in [7, 11) is 0. The molecule has 0 saturated carbocycles. The van der Waals surface area contributed by atoms with Crippen molar-refractivity contribution in [3.8, 4) is 10.6 Å². The molecule has 0 saturated heterocycles. The molecule has 0 aromatic carbocycles. The SMILES string of the molecule is CC(=O)CCc1ncc(-c2cc(Br)cs2)[nH]1. The first-order valence-electron chi connectivity index (χ1n) is 4.93. The Balaban J connectivity index is 2.10. The van der Waals surface area contributed by atoms with Gasteiger partial charge in [-0.2, -0.15) is 0 Å². The van der Waals surface area contributed by atoms with Crippen LogP contribution in [-0.2, 0) is 11.2 Å². The minimum Gasteiger partial charge on any atom is -0.341 e. The zero-order valence-corrected chi connectivity index (χ0v) is 11.2. The van der Waals surface area contributed by atoms with Gasteiger partial charge in [-0.15, -0.1) is 11.3 Å². The molecule has 0 aliphatic rings. The molecule has 0 bridgehead atoms. The Hall–Kier alpha value is -0.940.